The lowest BCUT2D eigenvalue weighted by Gasteiger charge is -2.05. The van der Waals surface area contributed by atoms with Gasteiger partial charge in [0.15, 0.2) is 0 Å². The van der Waals surface area contributed by atoms with Gasteiger partial charge < -0.3 is 0 Å². The van der Waals surface area contributed by atoms with E-state index in [2.05, 4.69) is 19.9 Å². The molecule has 0 saturated carbocycles. The first-order valence-electron chi connectivity index (χ1n) is 4.74. The van der Waals surface area contributed by atoms with Crippen LogP contribution in [0.1, 0.15) is 44.7 Å². The van der Waals surface area contributed by atoms with Crippen molar-refractivity contribution in [3.8, 4) is 6.07 Å². The second-order valence-corrected chi connectivity index (χ2v) is 2.85. The Balaban J connectivity index is 0.000000671. The average Bonchev–Trinajstić information content (AvgIpc) is 2.20. The molecule has 0 spiro atoms. The highest BCUT2D eigenvalue weighted by Crippen LogP contribution is 2.17. The smallest absolute Gasteiger partial charge is 0.0994 e. The summed E-state index contributed by atoms with van der Waals surface area (Å²) in [5, 5.41) is 8.72. The maximum atomic E-state index is 8.72. The minimum absolute atomic E-state index is 0.436. The summed E-state index contributed by atoms with van der Waals surface area (Å²) in [5.74, 6) is 0.436. The van der Waals surface area contributed by atoms with Crippen LogP contribution >= 0.6 is 0 Å². The van der Waals surface area contributed by atoms with Gasteiger partial charge in [-0.3, -0.25) is 0 Å². The topological polar surface area (TPSA) is 23.8 Å². The Morgan fingerprint density at radius 3 is 2.08 bits per heavy atom. The molecular formula is C12H17N. The second kappa shape index (κ2) is 6.25. The summed E-state index contributed by atoms with van der Waals surface area (Å²) in [4.78, 5) is 0. The summed E-state index contributed by atoms with van der Waals surface area (Å²) in [6.45, 7) is 8.19. The summed E-state index contributed by atoms with van der Waals surface area (Å²) in [6, 6.07) is 9.90. The molecule has 0 aliphatic rings. The molecule has 0 unspecified atom stereocenters. The van der Waals surface area contributed by atoms with Crippen molar-refractivity contribution in [2.45, 2.75) is 33.6 Å². The number of hydrogen-bond donors (Lipinski definition) is 0. The van der Waals surface area contributed by atoms with E-state index in [9.17, 15) is 0 Å². The summed E-state index contributed by atoms with van der Waals surface area (Å²) in [7, 11) is 0. The SMILES string of the molecule is CC.CC(C)c1ccccc1C#N. The van der Waals surface area contributed by atoms with Crippen molar-refractivity contribution in [1.29, 1.82) is 5.26 Å². The molecule has 1 nitrogen and oxygen atoms in total. The molecule has 13 heavy (non-hydrogen) atoms. The quantitative estimate of drug-likeness (QED) is 0.638. The van der Waals surface area contributed by atoms with E-state index < -0.39 is 0 Å². The Labute approximate surface area is 81.0 Å². The fourth-order valence-electron chi connectivity index (χ4n) is 1.10. The van der Waals surface area contributed by atoms with Crippen LogP contribution in [0.15, 0.2) is 24.3 Å². The van der Waals surface area contributed by atoms with Crippen LogP contribution in [0.2, 0.25) is 0 Å². The van der Waals surface area contributed by atoms with Crippen molar-refractivity contribution in [3.05, 3.63) is 35.4 Å². The summed E-state index contributed by atoms with van der Waals surface area (Å²) >= 11 is 0. The van der Waals surface area contributed by atoms with Gasteiger partial charge in [0.05, 0.1) is 11.6 Å². The molecule has 70 valence electrons. The zero-order chi connectivity index (χ0) is 10.3. The molecule has 0 fully saturated rings. The van der Waals surface area contributed by atoms with E-state index >= 15 is 0 Å². The molecule has 0 bridgehead atoms. The summed E-state index contributed by atoms with van der Waals surface area (Å²) in [5.41, 5.74) is 1.93. The Morgan fingerprint density at radius 1 is 1.15 bits per heavy atom. The molecular weight excluding hydrogens is 158 g/mol. The second-order valence-electron chi connectivity index (χ2n) is 2.85. The molecule has 1 aromatic rings. The zero-order valence-electron chi connectivity index (χ0n) is 8.83. The van der Waals surface area contributed by atoms with E-state index in [1.165, 1.54) is 0 Å². The third kappa shape index (κ3) is 3.29. The van der Waals surface area contributed by atoms with E-state index in [0.29, 0.717) is 5.92 Å². The van der Waals surface area contributed by atoms with Gasteiger partial charge in [0, 0.05) is 0 Å². The minimum atomic E-state index is 0.436. The predicted octanol–water partition coefficient (Wildman–Crippen LogP) is 3.71. The molecule has 0 atom stereocenters. The van der Waals surface area contributed by atoms with Gasteiger partial charge in [-0.25, -0.2) is 0 Å². The van der Waals surface area contributed by atoms with Crippen molar-refractivity contribution in [3.63, 3.8) is 0 Å². The summed E-state index contributed by atoms with van der Waals surface area (Å²) < 4.78 is 0. The predicted molar refractivity (Wildman–Crippen MR) is 56.6 cm³/mol. The Morgan fingerprint density at radius 2 is 1.69 bits per heavy atom. The van der Waals surface area contributed by atoms with Gasteiger partial charge in [-0.1, -0.05) is 45.9 Å². The number of rotatable bonds is 1. The van der Waals surface area contributed by atoms with E-state index in [4.69, 9.17) is 5.26 Å². The minimum Gasteiger partial charge on any atom is -0.192 e. The molecule has 0 N–H and O–H groups in total. The monoisotopic (exact) mass is 175 g/mol. The largest absolute Gasteiger partial charge is 0.192 e. The first-order valence-corrected chi connectivity index (χ1v) is 4.74. The number of benzene rings is 1. The average molecular weight is 175 g/mol. The molecule has 0 heterocycles. The third-order valence-electron chi connectivity index (χ3n) is 1.70. The van der Waals surface area contributed by atoms with Gasteiger partial charge in [-0.15, -0.1) is 0 Å². The molecule has 0 aromatic heterocycles. The molecule has 0 amide bonds. The van der Waals surface area contributed by atoms with Crippen molar-refractivity contribution in [2.24, 2.45) is 0 Å². The maximum Gasteiger partial charge on any atom is 0.0994 e. The summed E-state index contributed by atoms with van der Waals surface area (Å²) in [6.07, 6.45) is 0. The van der Waals surface area contributed by atoms with Gasteiger partial charge in [-0.2, -0.15) is 5.26 Å². The van der Waals surface area contributed by atoms with Crippen LogP contribution < -0.4 is 0 Å². The molecule has 0 radical (unpaired) electrons. The van der Waals surface area contributed by atoms with Crippen molar-refractivity contribution in [1.82, 2.24) is 0 Å². The van der Waals surface area contributed by atoms with Gasteiger partial charge in [0.25, 0.3) is 0 Å². The molecule has 1 aromatic carbocycles. The normalized spacial score (nSPS) is 8.62. The fourth-order valence-corrected chi connectivity index (χ4v) is 1.10. The highest BCUT2D eigenvalue weighted by molar-refractivity contribution is 5.38. The van der Waals surface area contributed by atoms with Crippen LogP contribution in [0.25, 0.3) is 0 Å². The number of hydrogen-bond acceptors (Lipinski definition) is 1. The molecule has 0 saturated heterocycles. The molecule has 0 aliphatic heterocycles. The van der Waals surface area contributed by atoms with Crippen LogP contribution in [0, 0.1) is 11.3 Å². The molecule has 1 rings (SSSR count). The Hall–Kier alpha value is -1.29. The van der Waals surface area contributed by atoms with Gasteiger partial charge >= 0.3 is 0 Å². The van der Waals surface area contributed by atoms with Crippen LogP contribution in [0.3, 0.4) is 0 Å². The third-order valence-corrected chi connectivity index (χ3v) is 1.70. The Kier molecular flexibility index (Phi) is 5.63. The van der Waals surface area contributed by atoms with E-state index in [1.54, 1.807) is 0 Å². The lowest BCUT2D eigenvalue weighted by atomic mass is 9.98. The van der Waals surface area contributed by atoms with Gasteiger partial charge in [-0.05, 0) is 17.5 Å². The van der Waals surface area contributed by atoms with Crippen LogP contribution in [0.5, 0.6) is 0 Å². The van der Waals surface area contributed by atoms with E-state index in [1.807, 2.05) is 38.1 Å². The Bertz CT molecular complexity index is 281. The van der Waals surface area contributed by atoms with Crippen molar-refractivity contribution in [2.75, 3.05) is 0 Å². The zero-order valence-corrected chi connectivity index (χ0v) is 8.83. The van der Waals surface area contributed by atoms with Crippen molar-refractivity contribution >= 4 is 0 Å². The number of nitriles is 1. The lowest BCUT2D eigenvalue weighted by Crippen LogP contribution is -1.90. The lowest BCUT2D eigenvalue weighted by molar-refractivity contribution is 0.862. The number of nitrogens with zero attached hydrogens (tertiary/aromatic N) is 1. The van der Waals surface area contributed by atoms with Gasteiger partial charge in [0.2, 0.25) is 0 Å². The van der Waals surface area contributed by atoms with Crippen LogP contribution in [0.4, 0.5) is 0 Å². The standard InChI is InChI=1S/C10H11N.C2H6/c1-8(2)10-6-4-3-5-9(10)7-11;1-2/h3-6,8H,1-2H3;1-2H3. The molecule has 1 heteroatoms. The van der Waals surface area contributed by atoms with Crippen LogP contribution in [-0.2, 0) is 0 Å². The van der Waals surface area contributed by atoms with Crippen molar-refractivity contribution < 1.29 is 0 Å². The highest BCUT2D eigenvalue weighted by atomic mass is 14.2. The maximum absolute atomic E-state index is 8.72. The van der Waals surface area contributed by atoms with E-state index in [0.717, 1.165) is 11.1 Å². The fraction of sp³-hybridized carbons (Fsp3) is 0.417. The van der Waals surface area contributed by atoms with Crippen LogP contribution in [-0.4, -0.2) is 0 Å². The van der Waals surface area contributed by atoms with E-state index in [-0.39, 0.29) is 0 Å². The first kappa shape index (κ1) is 11.7. The molecule has 0 aliphatic carbocycles. The first-order chi connectivity index (χ1) is 6.25. The van der Waals surface area contributed by atoms with Gasteiger partial charge in [0.1, 0.15) is 0 Å². The highest BCUT2D eigenvalue weighted by Gasteiger charge is 2.03.